The second-order valence-corrected chi connectivity index (χ2v) is 15.1. The van der Waals surface area contributed by atoms with Gasteiger partial charge in [-0.05, 0) is 109 Å². The topological polar surface area (TPSA) is 57.5 Å². The van der Waals surface area contributed by atoms with Crippen molar-refractivity contribution < 1.29 is 15.0 Å². The summed E-state index contributed by atoms with van der Waals surface area (Å²) in [5.41, 5.74) is 1.68. The van der Waals surface area contributed by atoms with Crippen LogP contribution in [0.15, 0.2) is 11.6 Å². The highest BCUT2D eigenvalue weighted by atomic mass is 16.4. The standard InChI is InChI=1S/C30H48O3/c1-25(2)14-16-30(24(32)33)17-15-28(6)19(20(30)18-25)8-9-22-27(5)12-11-23(31)26(3,4)21(27)10-13-29(22,28)7/h8,20-23,31H,9-18H2,1-7H3,(H,32,33)/t20-,21+,22+,23-,27-,28+,29+,30-/m0/s1. The second-order valence-electron chi connectivity index (χ2n) is 15.1. The summed E-state index contributed by atoms with van der Waals surface area (Å²) in [4.78, 5) is 12.8. The van der Waals surface area contributed by atoms with Crippen LogP contribution in [0.1, 0.15) is 113 Å². The summed E-state index contributed by atoms with van der Waals surface area (Å²) in [6.45, 7) is 16.9. The molecule has 2 N–H and O–H groups in total. The molecule has 0 amide bonds. The normalized spacial score (nSPS) is 52.4. The second kappa shape index (κ2) is 6.89. The van der Waals surface area contributed by atoms with Gasteiger partial charge in [-0.2, -0.15) is 0 Å². The van der Waals surface area contributed by atoms with Crippen molar-refractivity contribution in [3.63, 3.8) is 0 Å². The first-order valence-corrected chi connectivity index (χ1v) is 13.8. The minimum atomic E-state index is -0.553. The van der Waals surface area contributed by atoms with E-state index in [4.69, 9.17) is 0 Å². The van der Waals surface area contributed by atoms with Crippen LogP contribution < -0.4 is 0 Å². The van der Waals surface area contributed by atoms with Gasteiger partial charge in [-0.25, -0.2) is 0 Å². The maximum Gasteiger partial charge on any atom is 0.310 e. The monoisotopic (exact) mass is 456 g/mol. The van der Waals surface area contributed by atoms with E-state index in [1.165, 1.54) is 18.4 Å². The number of rotatable bonds is 1. The summed E-state index contributed by atoms with van der Waals surface area (Å²) in [7, 11) is 0. The number of hydrogen-bond donors (Lipinski definition) is 2. The van der Waals surface area contributed by atoms with Gasteiger partial charge in [0.05, 0.1) is 11.5 Å². The van der Waals surface area contributed by atoms with Crippen molar-refractivity contribution in [2.45, 2.75) is 119 Å². The van der Waals surface area contributed by atoms with Crippen molar-refractivity contribution in [1.82, 2.24) is 0 Å². The van der Waals surface area contributed by atoms with E-state index in [9.17, 15) is 15.0 Å². The van der Waals surface area contributed by atoms with E-state index in [0.29, 0.717) is 11.8 Å². The average molecular weight is 457 g/mol. The van der Waals surface area contributed by atoms with Gasteiger partial charge in [-0.3, -0.25) is 4.79 Å². The maximum atomic E-state index is 12.8. The van der Waals surface area contributed by atoms with Gasteiger partial charge in [-0.15, -0.1) is 0 Å². The Bertz CT molecular complexity index is 885. The third-order valence-electron chi connectivity index (χ3n) is 13.0. The van der Waals surface area contributed by atoms with E-state index in [-0.39, 0.29) is 39.1 Å². The molecule has 0 aromatic heterocycles. The van der Waals surface area contributed by atoms with Crippen LogP contribution in [0.3, 0.4) is 0 Å². The maximum absolute atomic E-state index is 12.8. The molecule has 5 rings (SSSR count). The summed E-state index contributed by atoms with van der Waals surface area (Å²) in [6.07, 6.45) is 12.6. The Balaban J connectivity index is 1.60. The van der Waals surface area contributed by atoms with Gasteiger partial charge in [0.25, 0.3) is 0 Å². The lowest BCUT2D eigenvalue weighted by atomic mass is 9.33. The molecule has 186 valence electrons. The lowest BCUT2D eigenvalue weighted by Gasteiger charge is -2.71. The Morgan fingerprint density at radius 2 is 1.55 bits per heavy atom. The third-order valence-corrected chi connectivity index (χ3v) is 13.0. The van der Waals surface area contributed by atoms with Crippen molar-refractivity contribution in [2.75, 3.05) is 0 Å². The van der Waals surface area contributed by atoms with E-state index in [2.05, 4.69) is 54.5 Å². The number of aliphatic carboxylic acids is 1. The fourth-order valence-corrected chi connectivity index (χ4v) is 10.6. The molecule has 0 spiro atoms. The zero-order valence-electron chi connectivity index (χ0n) is 22.3. The molecule has 0 aromatic carbocycles. The van der Waals surface area contributed by atoms with E-state index >= 15 is 0 Å². The Kier molecular flexibility index (Phi) is 4.99. The molecule has 8 atom stereocenters. The molecular formula is C30H48O3. The highest BCUT2D eigenvalue weighted by Crippen LogP contribution is 2.75. The molecule has 0 radical (unpaired) electrons. The van der Waals surface area contributed by atoms with Crippen LogP contribution in [0.5, 0.6) is 0 Å². The van der Waals surface area contributed by atoms with Crippen LogP contribution in [0.4, 0.5) is 0 Å². The minimum Gasteiger partial charge on any atom is -0.481 e. The number of carbonyl (C=O) groups is 1. The summed E-state index contributed by atoms with van der Waals surface area (Å²) >= 11 is 0. The highest BCUT2D eigenvalue weighted by molar-refractivity contribution is 5.76. The average Bonchev–Trinajstić information content (AvgIpc) is 2.71. The zero-order valence-corrected chi connectivity index (χ0v) is 22.3. The van der Waals surface area contributed by atoms with E-state index < -0.39 is 11.4 Å². The molecule has 0 heterocycles. The number of hydrogen-bond acceptors (Lipinski definition) is 2. The fraction of sp³-hybridized carbons (Fsp3) is 0.900. The van der Waals surface area contributed by atoms with Gasteiger partial charge in [0, 0.05) is 0 Å². The highest BCUT2D eigenvalue weighted by Gasteiger charge is 2.69. The number of carboxylic acids is 1. The molecule has 0 bridgehead atoms. The van der Waals surface area contributed by atoms with Crippen LogP contribution in [-0.2, 0) is 4.79 Å². The van der Waals surface area contributed by atoms with Crippen molar-refractivity contribution in [3.8, 4) is 0 Å². The SMILES string of the molecule is CC1(C)CC[C@]2(C(=O)O)CC[C@]3(C)C(=CC[C@@H]4[C@@]5(C)CC[C@H](O)C(C)(C)[C@H]5CC[C@]43C)[C@@H]2C1. The quantitative estimate of drug-likeness (QED) is 0.409. The van der Waals surface area contributed by atoms with Crippen molar-refractivity contribution in [1.29, 1.82) is 0 Å². The van der Waals surface area contributed by atoms with Gasteiger partial charge in [0.1, 0.15) is 0 Å². The van der Waals surface area contributed by atoms with Crippen LogP contribution in [0.2, 0.25) is 0 Å². The lowest BCUT2D eigenvalue weighted by molar-refractivity contribution is -0.205. The number of aliphatic hydroxyl groups is 1. The summed E-state index contributed by atoms with van der Waals surface area (Å²) in [6, 6.07) is 0. The van der Waals surface area contributed by atoms with Crippen molar-refractivity contribution in [3.05, 3.63) is 11.6 Å². The fourth-order valence-electron chi connectivity index (χ4n) is 10.6. The first kappa shape index (κ1) is 23.9. The molecule has 5 aliphatic rings. The Labute approximate surface area is 201 Å². The van der Waals surface area contributed by atoms with Gasteiger partial charge < -0.3 is 10.2 Å². The predicted molar refractivity (Wildman–Crippen MR) is 133 cm³/mol. The molecule has 0 unspecified atom stereocenters. The van der Waals surface area contributed by atoms with E-state index in [0.717, 1.165) is 51.4 Å². The predicted octanol–water partition coefficient (Wildman–Crippen LogP) is 7.23. The zero-order chi connectivity index (χ0) is 24.2. The third kappa shape index (κ3) is 2.87. The van der Waals surface area contributed by atoms with Crippen molar-refractivity contribution >= 4 is 5.97 Å². The largest absolute Gasteiger partial charge is 0.481 e. The Morgan fingerprint density at radius 1 is 0.879 bits per heavy atom. The number of fused-ring (bicyclic) bond motifs is 7. The number of carboxylic acid groups (broad SMARTS) is 1. The lowest BCUT2D eigenvalue weighted by Crippen LogP contribution is -2.65. The molecular weight excluding hydrogens is 408 g/mol. The smallest absolute Gasteiger partial charge is 0.310 e. The Morgan fingerprint density at radius 3 is 2.21 bits per heavy atom. The Hall–Kier alpha value is -0.830. The molecule has 33 heavy (non-hydrogen) atoms. The van der Waals surface area contributed by atoms with Crippen LogP contribution in [0.25, 0.3) is 0 Å². The molecule has 0 saturated heterocycles. The summed E-state index contributed by atoms with van der Waals surface area (Å²) < 4.78 is 0. The molecule has 0 aliphatic heterocycles. The molecule has 5 aliphatic carbocycles. The van der Waals surface area contributed by atoms with Gasteiger partial charge in [0.15, 0.2) is 0 Å². The molecule has 4 saturated carbocycles. The minimum absolute atomic E-state index is 0.0301. The number of allylic oxidation sites excluding steroid dienone is 2. The summed E-state index contributed by atoms with van der Waals surface area (Å²) in [5, 5.41) is 21.4. The van der Waals surface area contributed by atoms with E-state index in [1.54, 1.807) is 0 Å². The van der Waals surface area contributed by atoms with Gasteiger partial charge >= 0.3 is 5.97 Å². The number of aliphatic hydroxyl groups excluding tert-OH is 1. The van der Waals surface area contributed by atoms with Gasteiger partial charge in [0.2, 0.25) is 0 Å². The summed E-state index contributed by atoms with van der Waals surface area (Å²) in [5.74, 6) is 0.807. The molecule has 3 nitrogen and oxygen atoms in total. The first-order valence-electron chi connectivity index (χ1n) is 13.8. The molecule has 3 heteroatoms. The van der Waals surface area contributed by atoms with Crippen molar-refractivity contribution in [2.24, 2.45) is 50.2 Å². The first-order chi connectivity index (χ1) is 15.1. The van der Waals surface area contributed by atoms with Gasteiger partial charge in [-0.1, -0.05) is 60.1 Å². The van der Waals surface area contributed by atoms with Crippen LogP contribution in [0, 0.1) is 50.2 Å². The molecule has 4 fully saturated rings. The molecule has 0 aromatic rings. The van der Waals surface area contributed by atoms with E-state index in [1.807, 2.05) is 0 Å². The van der Waals surface area contributed by atoms with Crippen LogP contribution in [-0.4, -0.2) is 22.3 Å². The van der Waals surface area contributed by atoms with Crippen LogP contribution >= 0.6 is 0 Å².